The molecule has 0 amide bonds. The van der Waals surface area contributed by atoms with Crippen molar-refractivity contribution in [1.82, 2.24) is 29.3 Å². The van der Waals surface area contributed by atoms with Crippen molar-refractivity contribution in [3.05, 3.63) is 52.4 Å². The van der Waals surface area contributed by atoms with E-state index in [-0.39, 0.29) is 22.5 Å². The molecule has 6 nitrogen and oxygen atoms in total. The first-order valence-electron chi connectivity index (χ1n) is 11.2. The molecule has 170 valence electrons. The van der Waals surface area contributed by atoms with E-state index in [1.807, 2.05) is 0 Å². The van der Waals surface area contributed by atoms with Crippen LogP contribution >= 0.6 is 0 Å². The van der Waals surface area contributed by atoms with Crippen molar-refractivity contribution in [3.8, 4) is 0 Å². The molecule has 0 unspecified atom stereocenters. The van der Waals surface area contributed by atoms with Crippen LogP contribution in [-0.4, -0.2) is 29.3 Å². The predicted molar refractivity (Wildman–Crippen MR) is 127 cm³/mol. The first-order chi connectivity index (χ1) is 14.0. The molecule has 0 bridgehead atoms. The summed E-state index contributed by atoms with van der Waals surface area (Å²) in [6.45, 7) is 26.1. The lowest BCUT2D eigenvalue weighted by atomic mass is 9.92. The van der Waals surface area contributed by atoms with Gasteiger partial charge in [-0.05, 0) is 39.0 Å². The molecule has 0 radical (unpaired) electrons. The van der Waals surface area contributed by atoms with E-state index in [9.17, 15) is 0 Å². The molecule has 0 aromatic carbocycles. The highest BCUT2D eigenvalue weighted by Crippen LogP contribution is 2.29. The van der Waals surface area contributed by atoms with Crippen LogP contribution in [0.1, 0.15) is 103 Å². The minimum absolute atomic E-state index is 0.0357. The number of nitrogens with zero attached hydrogens (tertiary/aromatic N) is 6. The summed E-state index contributed by atoms with van der Waals surface area (Å²) in [5.74, 6) is 0. The van der Waals surface area contributed by atoms with Gasteiger partial charge >= 0.3 is 0 Å². The Hall–Kier alpha value is -2.37. The Kier molecular flexibility index (Phi) is 5.52. The summed E-state index contributed by atoms with van der Waals surface area (Å²) in [7, 11) is 0. The average Bonchev–Trinajstić information content (AvgIpc) is 3.26. The minimum Gasteiger partial charge on any atom is -0.224 e. The van der Waals surface area contributed by atoms with Crippen LogP contribution in [0.3, 0.4) is 0 Å². The maximum absolute atomic E-state index is 5.05. The van der Waals surface area contributed by atoms with Crippen LogP contribution in [0, 0.1) is 20.8 Å². The van der Waals surface area contributed by atoms with E-state index in [1.165, 1.54) is 0 Å². The fraction of sp³-hybridized carbons (Fsp3) is 0.640. The normalized spacial score (nSPS) is 13.5. The van der Waals surface area contributed by atoms with Gasteiger partial charge in [-0.2, -0.15) is 15.3 Å². The predicted octanol–water partition coefficient (Wildman–Crippen LogP) is 5.65. The molecule has 6 heteroatoms. The topological polar surface area (TPSA) is 53.5 Å². The maximum Gasteiger partial charge on any atom is 0.238 e. The van der Waals surface area contributed by atoms with Gasteiger partial charge in [-0.3, -0.25) is 0 Å². The third-order valence-corrected chi connectivity index (χ3v) is 5.73. The van der Waals surface area contributed by atoms with Crippen molar-refractivity contribution in [2.45, 2.75) is 106 Å². The van der Waals surface area contributed by atoms with Gasteiger partial charge in [0.1, 0.15) is 0 Å². The standard InChI is InChI=1S/C25H40N6/c1-16-13-19(23(4,5)6)26-29(16)22(30-17(2)14-20(27-30)24(7,8)9)31-18(3)15-21(28-31)25(10,11)12/h13-15,22H,1-12H3. The molecule has 0 atom stereocenters. The summed E-state index contributed by atoms with van der Waals surface area (Å²) >= 11 is 0. The zero-order chi connectivity index (χ0) is 23.5. The molecular weight excluding hydrogens is 384 g/mol. The van der Waals surface area contributed by atoms with Crippen molar-refractivity contribution in [3.63, 3.8) is 0 Å². The highest BCUT2D eigenvalue weighted by molar-refractivity contribution is 5.22. The summed E-state index contributed by atoms with van der Waals surface area (Å²) < 4.78 is 6.21. The van der Waals surface area contributed by atoms with Crippen molar-refractivity contribution < 1.29 is 0 Å². The van der Waals surface area contributed by atoms with Gasteiger partial charge in [0.25, 0.3) is 0 Å². The van der Waals surface area contributed by atoms with E-state index in [4.69, 9.17) is 15.3 Å². The summed E-state index contributed by atoms with van der Waals surface area (Å²) in [6.07, 6.45) is -0.303. The molecule has 0 saturated carbocycles. The van der Waals surface area contributed by atoms with Crippen molar-refractivity contribution in [2.24, 2.45) is 0 Å². The zero-order valence-corrected chi connectivity index (χ0v) is 21.5. The molecule has 3 aromatic rings. The molecule has 3 aromatic heterocycles. The Morgan fingerprint density at radius 2 is 0.742 bits per heavy atom. The number of hydrogen-bond donors (Lipinski definition) is 0. The van der Waals surface area contributed by atoms with Crippen molar-refractivity contribution in [1.29, 1.82) is 0 Å². The fourth-order valence-electron chi connectivity index (χ4n) is 3.58. The summed E-state index contributed by atoms with van der Waals surface area (Å²) in [5, 5.41) is 15.2. The van der Waals surface area contributed by atoms with Gasteiger partial charge in [0.2, 0.25) is 6.29 Å². The van der Waals surface area contributed by atoms with Gasteiger partial charge in [-0.15, -0.1) is 0 Å². The Balaban J connectivity index is 2.28. The Labute approximate surface area is 187 Å². The second-order valence-corrected chi connectivity index (χ2v) is 11.9. The number of aryl methyl sites for hydroxylation is 3. The number of rotatable bonds is 3. The molecule has 3 heterocycles. The largest absolute Gasteiger partial charge is 0.238 e. The lowest BCUT2D eigenvalue weighted by Crippen LogP contribution is -2.32. The lowest BCUT2D eigenvalue weighted by Gasteiger charge is -2.24. The van der Waals surface area contributed by atoms with Crippen molar-refractivity contribution >= 4 is 0 Å². The highest BCUT2D eigenvalue weighted by Gasteiger charge is 2.30. The number of aromatic nitrogens is 6. The van der Waals surface area contributed by atoms with E-state index < -0.39 is 0 Å². The third-order valence-electron chi connectivity index (χ3n) is 5.73. The van der Waals surface area contributed by atoms with Crippen molar-refractivity contribution in [2.75, 3.05) is 0 Å². The monoisotopic (exact) mass is 424 g/mol. The van der Waals surface area contributed by atoms with Gasteiger partial charge in [-0.1, -0.05) is 62.3 Å². The maximum atomic E-state index is 5.05. The van der Waals surface area contributed by atoms with Gasteiger partial charge in [0, 0.05) is 33.3 Å². The van der Waals surface area contributed by atoms with Crippen LogP contribution in [0.25, 0.3) is 0 Å². The van der Waals surface area contributed by atoms with E-state index in [0.29, 0.717) is 0 Å². The molecule has 3 rings (SSSR count). The van der Waals surface area contributed by atoms with Crippen LogP contribution in [0.15, 0.2) is 18.2 Å². The minimum atomic E-state index is -0.303. The molecular formula is C25H40N6. The first kappa shape index (κ1) is 23.3. The van der Waals surface area contributed by atoms with Crippen LogP contribution < -0.4 is 0 Å². The second kappa shape index (κ2) is 7.35. The third kappa shape index (κ3) is 4.48. The summed E-state index contributed by atoms with van der Waals surface area (Å²) in [6, 6.07) is 6.54. The van der Waals surface area contributed by atoms with Crippen LogP contribution in [0.2, 0.25) is 0 Å². The molecule has 0 aliphatic heterocycles. The van der Waals surface area contributed by atoms with E-state index in [2.05, 4.69) is 115 Å². The molecule has 0 spiro atoms. The lowest BCUT2D eigenvalue weighted by molar-refractivity contribution is 0.263. The average molecular weight is 425 g/mol. The smallest absolute Gasteiger partial charge is 0.224 e. The molecule has 0 fully saturated rings. The van der Waals surface area contributed by atoms with Crippen LogP contribution in [0.5, 0.6) is 0 Å². The van der Waals surface area contributed by atoms with E-state index >= 15 is 0 Å². The van der Waals surface area contributed by atoms with Crippen LogP contribution in [0.4, 0.5) is 0 Å². The molecule has 31 heavy (non-hydrogen) atoms. The SMILES string of the molecule is Cc1cc(C(C)(C)C)nn1C(n1nc(C(C)(C)C)cc1C)n1nc(C(C)(C)C)cc1C. The van der Waals surface area contributed by atoms with E-state index in [0.717, 1.165) is 34.2 Å². The van der Waals surface area contributed by atoms with Gasteiger partial charge in [0.15, 0.2) is 0 Å². The highest BCUT2D eigenvalue weighted by atomic mass is 15.6. The van der Waals surface area contributed by atoms with Gasteiger partial charge in [0.05, 0.1) is 17.1 Å². The fourth-order valence-corrected chi connectivity index (χ4v) is 3.58. The Bertz CT molecular complexity index is 935. The number of hydrogen-bond acceptors (Lipinski definition) is 3. The van der Waals surface area contributed by atoms with E-state index in [1.54, 1.807) is 0 Å². The van der Waals surface area contributed by atoms with Gasteiger partial charge in [-0.25, -0.2) is 14.0 Å². The summed E-state index contributed by atoms with van der Waals surface area (Å²) in [4.78, 5) is 0. The second-order valence-electron chi connectivity index (χ2n) is 11.9. The zero-order valence-electron chi connectivity index (χ0n) is 21.5. The first-order valence-corrected chi connectivity index (χ1v) is 11.2. The van der Waals surface area contributed by atoms with Gasteiger partial charge < -0.3 is 0 Å². The Morgan fingerprint density at radius 1 is 0.516 bits per heavy atom. The molecule has 0 N–H and O–H groups in total. The molecule has 0 aliphatic carbocycles. The van der Waals surface area contributed by atoms with Crippen LogP contribution in [-0.2, 0) is 16.2 Å². The Morgan fingerprint density at radius 3 is 0.903 bits per heavy atom. The summed E-state index contributed by atoms with van der Waals surface area (Å²) in [5.41, 5.74) is 6.37. The quantitative estimate of drug-likeness (QED) is 0.546. The molecule has 0 saturated heterocycles. The molecule has 0 aliphatic rings.